The van der Waals surface area contributed by atoms with E-state index < -0.39 is 18.7 Å². The molecule has 8 nitrogen and oxygen atoms in total. The SMILES string of the molecule is O=C(Nc1c(Cl)cncc1Cl)c1ccc(OC(F)F)c(OCC2CC2)c1.O=C(O)O. The number of aromatic nitrogens is 1. The fourth-order valence-electron chi connectivity index (χ4n) is 2.16. The molecule has 3 N–H and O–H groups in total. The minimum absolute atomic E-state index is 0.0803. The second kappa shape index (κ2) is 10.8. The summed E-state index contributed by atoms with van der Waals surface area (Å²) >= 11 is 12.0. The molecule has 1 aliphatic rings. The van der Waals surface area contributed by atoms with Crippen LogP contribution in [0.15, 0.2) is 30.6 Å². The van der Waals surface area contributed by atoms with E-state index in [1.165, 1.54) is 30.6 Å². The first kappa shape index (κ1) is 23.4. The summed E-state index contributed by atoms with van der Waals surface area (Å²) in [5.74, 6) is -0.171. The van der Waals surface area contributed by atoms with Gasteiger partial charge in [0, 0.05) is 18.0 Å². The fraction of sp³-hybridized carbons (Fsp3) is 0.278. The van der Waals surface area contributed by atoms with Crippen molar-refractivity contribution in [1.29, 1.82) is 0 Å². The largest absolute Gasteiger partial charge is 0.503 e. The standard InChI is InChI=1S/C17H14Cl2F2N2O3.CH2O3/c18-11-6-22-7-12(19)15(11)23-16(24)10-3-4-13(26-17(20)21)14(5-10)25-8-9-1-2-9;2-1(3)4/h3-7,9,17H,1-2,8H2,(H,22,23,24);(H2,2,3,4). The van der Waals surface area contributed by atoms with E-state index in [4.69, 9.17) is 42.9 Å². The molecule has 1 fully saturated rings. The van der Waals surface area contributed by atoms with Gasteiger partial charge in [-0.25, -0.2) is 4.79 Å². The molecule has 30 heavy (non-hydrogen) atoms. The number of carbonyl (C=O) groups is 2. The van der Waals surface area contributed by atoms with E-state index in [-0.39, 0.29) is 32.8 Å². The second-order valence-corrected chi connectivity index (χ2v) is 6.82. The zero-order chi connectivity index (χ0) is 22.3. The molecule has 1 aromatic heterocycles. The highest BCUT2D eigenvalue weighted by molar-refractivity contribution is 6.39. The first-order chi connectivity index (χ1) is 14.2. The third-order valence-corrected chi connectivity index (χ3v) is 4.26. The van der Waals surface area contributed by atoms with Crippen molar-refractivity contribution in [3.05, 3.63) is 46.2 Å². The van der Waals surface area contributed by atoms with E-state index in [1.54, 1.807) is 0 Å². The van der Waals surface area contributed by atoms with Gasteiger partial charge in [0.2, 0.25) is 0 Å². The molecular weight excluding hydrogens is 449 g/mol. The van der Waals surface area contributed by atoms with Crippen LogP contribution >= 0.6 is 23.2 Å². The Hall–Kier alpha value is -2.85. The van der Waals surface area contributed by atoms with Crippen molar-refractivity contribution < 1.29 is 38.1 Å². The zero-order valence-electron chi connectivity index (χ0n) is 15.1. The molecule has 0 radical (unpaired) electrons. The van der Waals surface area contributed by atoms with Crippen LogP contribution in [-0.4, -0.2) is 40.5 Å². The van der Waals surface area contributed by atoms with Gasteiger partial charge in [0.05, 0.1) is 22.3 Å². The summed E-state index contributed by atoms with van der Waals surface area (Å²) in [6, 6.07) is 3.96. The molecule has 1 saturated carbocycles. The average molecular weight is 465 g/mol. The van der Waals surface area contributed by atoms with Gasteiger partial charge in [0.25, 0.3) is 5.91 Å². The topological polar surface area (TPSA) is 118 Å². The number of carboxylic acid groups (broad SMARTS) is 2. The molecular formula is C18H16Cl2F2N2O6. The number of halogens is 4. The summed E-state index contributed by atoms with van der Waals surface area (Å²) in [5.41, 5.74) is 0.392. The lowest BCUT2D eigenvalue weighted by atomic mass is 10.2. The third-order valence-electron chi connectivity index (χ3n) is 3.69. The van der Waals surface area contributed by atoms with Crippen LogP contribution in [0.25, 0.3) is 0 Å². The first-order valence-corrected chi connectivity index (χ1v) is 9.16. The van der Waals surface area contributed by atoms with Crippen LogP contribution in [-0.2, 0) is 0 Å². The number of hydrogen-bond acceptors (Lipinski definition) is 5. The third kappa shape index (κ3) is 7.53. The summed E-state index contributed by atoms with van der Waals surface area (Å²) in [4.78, 5) is 24.8. The predicted molar refractivity (Wildman–Crippen MR) is 104 cm³/mol. The smallest absolute Gasteiger partial charge is 0.489 e. The molecule has 0 saturated heterocycles. The molecule has 0 aliphatic heterocycles. The van der Waals surface area contributed by atoms with Crippen LogP contribution in [0.1, 0.15) is 23.2 Å². The van der Waals surface area contributed by atoms with Crippen LogP contribution in [0.3, 0.4) is 0 Å². The van der Waals surface area contributed by atoms with Gasteiger partial charge in [-0.3, -0.25) is 9.78 Å². The Morgan fingerprint density at radius 3 is 2.30 bits per heavy atom. The van der Waals surface area contributed by atoms with E-state index in [0.29, 0.717) is 12.5 Å². The Kier molecular flexibility index (Phi) is 8.43. The molecule has 1 aromatic carbocycles. The number of nitrogens with one attached hydrogen (secondary N) is 1. The number of carbonyl (C=O) groups excluding carboxylic acids is 1. The lowest BCUT2D eigenvalue weighted by molar-refractivity contribution is -0.0515. The van der Waals surface area contributed by atoms with Crippen molar-refractivity contribution in [3.63, 3.8) is 0 Å². The van der Waals surface area contributed by atoms with Gasteiger partial charge in [-0.15, -0.1) is 0 Å². The monoisotopic (exact) mass is 464 g/mol. The molecule has 0 unspecified atom stereocenters. The number of anilines is 1. The van der Waals surface area contributed by atoms with E-state index in [9.17, 15) is 13.6 Å². The summed E-state index contributed by atoms with van der Waals surface area (Å²) in [6.07, 6.45) is 2.91. The van der Waals surface area contributed by atoms with Gasteiger partial charge in [0.1, 0.15) is 0 Å². The van der Waals surface area contributed by atoms with E-state index in [1.807, 2.05) is 0 Å². The van der Waals surface area contributed by atoms with E-state index in [2.05, 4.69) is 15.0 Å². The van der Waals surface area contributed by atoms with Crippen LogP contribution in [0.4, 0.5) is 19.3 Å². The Balaban J connectivity index is 0.000000735. The summed E-state index contributed by atoms with van der Waals surface area (Å²) in [7, 11) is 0. The summed E-state index contributed by atoms with van der Waals surface area (Å²) < 4.78 is 35.1. The maximum Gasteiger partial charge on any atom is 0.503 e. The van der Waals surface area contributed by atoms with Gasteiger partial charge in [-0.05, 0) is 37.0 Å². The number of rotatable bonds is 7. The number of amides is 1. The average Bonchev–Trinajstić information content (AvgIpc) is 3.47. The highest BCUT2D eigenvalue weighted by Gasteiger charge is 2.23. The van der Waals surface area contributed by atoms with Crippen molar-refractivity contribution in [2.75, 3.05) is 11.9 Å². The number of hydrogen-bond donors (Lipinski definition) is 3. The molecule has 0 atom stereocenters. The van der Waals surface area contributed by atoms with Gasteiger partial charge in [-0.2, -0.15) is 8.78 Å². The number of alkyl halides is 2. The number of ether oxygens (including phenoxy) is 2. The molecule has 0 spiro atoms. The quantitative estimate of drug-likeness (QED) is 0.511. The lowest BCUT2D eigenvalue weighted by Gasteiger charge is -2.14. The molecule has 162 valence electrons. The van der Waals surface area contributed by atoms with Crippen molar-refractivity contribution in [2.45, 2.75) is 19.5 Å². The van der Waals surface area contributed by atoms with Gasteiger partial charge in [-0.1, -0.05) is 23.2 Å². The van der Waals surface area contributed by atoms with Crippen molar-refractivity contribution >= 4 is 41.0 Å². The molecule has 2 aromatic rings. The highest BCUT2D eigenvalue weighted by Crippen LogP contribution is 2.35. The van der Waals surface area contributed by atoms with Gasteiger partial charge in [0.15, 0.2) is 11.5 Å². The van der Waals surface area contributed by atoms with Crippen LogP contribution in [0.5, 0.6) is 11.5 Å². The summed E-state index contributed by atoms with van der Waals surface area (Å²) in [5, 5.41) is 16.9. The van der Waals surface area contributed by atoms with Gasteiger partial charge < -0.3 is 25.0 Å². The van der Waals surface area contributed by atoms with Gasteiger partial charge >= 0.3 is 12.8 Å². The summed E-state index contributed by atoms with van der Waals surface area (Å²) in [6.45, 7) is -2.61. The van der Waals surface area contributed by atoms with Crippen molar-refractivity contribution in [3.8, 4) is 11.5 Å². The van der Waals surface area contributed by atoms with Crippen LogP contribution < -0.4 is 14.8 Å². The molecule has 1 aliphatic carbocycles. The van der Waals surface area contributed by atoms with Crippen LogP contribution in [0.2, 0.25) is 10.0 Å². The number of nitrogens with zero attached hydrogens (tertiary/aromatic N) is 1. The minimum Gasteiger partial charge on any atom is -0.489 e. The normalized spacial score (nSPS) is 12.6. The zero-order valence-corrected chi connectivity index (χ0v) is 16.7. The Labute approximate surface area is 179 Å². The van der Waals surface area contributed by atoms with E-state index in [0.717, 1.165) is 12.8 Å². The van der Waals surface area contributed by atoms with E-state index >= 15 is 0 Å². The highest BCUT2D eigenvalue weighted by atomic mass is 35.5. The Bertz CT molecular complexity index is 888. The van der Waals surface area contributed by atoms with Crippen LogP contribution in [0, 0.1) is 5.92 Å². The Morgan fingerprint density at radius 1 is 1.17 bits per heavy atom. The molecule has 1 amide bonds. The fourth-order valence-corrected chi connectivity index (χ4v) is 2.62. The minimum atomic E-state index is -2.99. The van der Waals surface area contributed by atoms with Crippen molar-refractivity contribution in [2.24, 2.45) is 5.92 Å². The second-order valence-electron chi connectivity index (χ2n) is 6.01. The first-order valence-electron chi connectivity index (χ1n) is 8.41. The molecule has 0 bridgehead atoms. The molecule has 1 heterocycles. The predicted octanol–water partition coefficient (Wildman–Crippen LogP) is 5.25. The lowest BCUT2D eigenvalue weighted by Crippen LogP contribution is -2.14. The Morgan fingerprint density at radius 2 is 1.77 bits per heavy atom. The molecule has 12 heteroatoms. The number of benzene rings is 1. The number of pyridine rings is 1. The van der Waals surface area contributed by atoms with Crippen molar-refractivity contribution in [1.82, 2.24) is 4.98 Å². The maximum atomic E-state index is 12.6. The molecule has 3 rings (SSSR count). The maximum absolute atomic E-state index is 12.6.